The van der Waals surface area contributed by atoms with Crippen molar-refractivity contribution in [2.45, 2.75) is 39.1 Å². The fourth-order valence-electron chi connectivity index (χ4n) is 2.78. The molecule has 0 aliphatic carbocycles. The van der Waals surface area contributed by atoms with Gasteiger partial charge in [0.25, 0.3) is 0 Å². The van der Waals surface area contributed by atoms with Crippen molar-refractivity contribution in [1.82, 2.24) is 4.31 Å². The van der Waals surface area contributed by atoms with Gasteiger partial charge in [0.1, 0.15) is 5.75 Å². The summed E-state index contributed by atoms with van der Waals surface area (Å²) in [7, 11) is -7.42. The number of carbonyl (C=O) groups excluding carboxylic acids is 1. The van der Waals surface area contributed by atoms with Gasteiger partial charge in [-0.25, -0.2) is 8.42 Å². The van der Waals surface area contributed by atoms with E-state index in [2.05, 4.69) is 5.32 Å². The Morgan fingerprint density at radius 1 is 1.00 bits per heavy atom. The molecule has 0 unspecified atom stereocenters. The topological polar surface area (TPSA) is 110 Å². The fourth-order valence-corrected chi connectivity index (χ4v) is 4.89. The maximum Gasteiger partial charge on any atom is 0.308 e. The lowest BCUT2D eigenvalue weighted by molar-refractivity contribution is -0.114. The number of rotatable bonds is 10. The van der Waals surface area contributed by atoms with Crippen molar-refractivity contribution < 1.29 is 25.8 Å². The van der Waals surface area contributed by atoms with Crippen LogP contribution in [0.4, 0.5) is 5.69 Å². The first-order chi connectivity index (χ1) is 14.4. The molecular formula is C21H28N2O6S2. The van der Waals surface area contributed by atoms with Gasteiger partial charge in [0, 0.05) is 25.7 Å². The van der Waals surface area contributed by atoms with E-state index in [1.807, 2.05) is 13.8 Å². The predicted molar refractivity (Wildman–Crippen MR) is 120 cm³/mol. The van der Waals surface area contributed by atoms with Crippen LogP contribution in [0.15, 0.2) is 53.4 Å². The summed E-state index contributed by atoms with van der Waals surface area (Å²) in [4.78, 5) is 11.3. The zero-order valence-corrected chi connectivity index (χ0v) is 19.7. The summed E-state index contributed by atoms with van der Waals surface area (Å²) in [6, 6.07) is 12.3. The Bertz CT molecular complexity index is 1090. The quantitative estimate of drug-likeness (QED) is 0.536. The van der Waals surface area contributed by atoms with Gasteiger partial charge < -0.3 is 9.50 Å². The number of nitrogens with one attached hydrogen (secondary N) is 1. The largest absolute Gasteiger partial charge is 0.382 e. The molecule has 2 aromatic carbocycles. The predicted octanol–water partition coefficient (Wildman–Crippen LogP) is 3.22. The molecule has 0 bridgehead atoms. The summed E-state index contributed by atoms with van der Waals surface area (Å²) >= 11 is 0. The van der Waals surface area contributed by atoms with Gasteiger partial charge >= 0.3 is 10.1 Å². The van der Waals surface area contributed by atoms with Crippen molar-refractivity contribution in [3.05, 3.63) is 54.1 Å². The molecule has 10 heteroatoms. The molecule has 0 fully saturated rings. The Hall–Kier alpha value is -2.43. The summed E-state index contributed by atoms with van der Waals surface area (Å²) in [5, 5.41) is 2.61. The normalized spacial score (nSPS) is 12.2. The summed E-state index contributed by atoms with van der Waals surface area (Å²) in [6.45, 7) is 7.14. The number of sulfonamides is 1. The second-order valence-electron chi connectivity index (χ2n) is 7.47. The van der Waals surface area contributed by atoms with Gasteiger partial charge in [0.15, 0.2) is 0 Å². The molecule has 0 aliphatic rings. The summed E-state index contributed by atoms with van der Waals surface area (Å²) in [5.74, 6) is -0.116. The number of hydrogen-bond acceptors (Lipinski definition) is 6. The molecule has 0 heterocycles. The van der Waals surface area contributed by atoms with Crippen molar-refractivity contribution in [2.24, 2.45) is 5.92 Å². The van der Waals surface area contributed by atoms with Crippen LogP contribution in [0.2, 0.25) is 0 Å². The average molecular weight is 469 g/mol. The van der Waals surface area contributed by atoms with E-state index in [4.69, 9.17) is 4.18 Å². The summed E-state index contributed by atoms with van der Waals surface area (Å²) in [6.07, 6.45) is 0. The molecule has 0 spiro atoms. The van der Waals surface area contributed by atoms with Crippen LogP contribution in [0.5, 0.6) is 5.75 Å². The van der Waals surface area contributed by atoms with E-state index >= 15 is 0 Å². The van der Waals surface area contributed by atoms with Crippen LogP contribution in [0.25, 0.3) is 0 Å². The molecule has 0 radical (unpaired) electrons. The number of anilines is 1. The minimum absolute atomic E-state index is 0.0886. The second kappa shape index (κ2) is 10.3. The number of benzene rings is 2. The zero-order chi connectivity index (χ0) is 23.2. The Balaban J connectivity index is 2.25. The molecule has 0 saturated carbocycles. The highest BCUT2D eigenvalue weighted by Crippen LogP contribution is 2.23. The maximum atomic E-state index is 13.2. The van der Waals surface area contributed by atoms with E-state index in [1.54, 1.807) is 24.3 Å². The van der Waals surface area contributed by atoms with Crippen LogP contribution in [0.1, 0.15) is 33.3 Å². The van der Waals surface area contributed by atoms with Crippen LogP contribution < -0.4 is 9.50 Å². The highest BCUT2D eigenvalue weighted by Gasteiger charge is 2.25. The number of amides is 1. The molecule has 2 aromatic rings. The van der Waals surface area contributed by atoms with Crippen molar-refractivity contribution in [1.29, 1.82) is 0 Å². The molecule has 8 nitrogen and oxygen atoms in total. The Morgan fingerprint density at radius 2 is 1.58 bits per heavy atom. The lowest BCUT2D eigenvalue weighted by Gasteiger charge is -2.24. The monoisotopic (exact) mass is 468 g/mol. The third-order valence-electron chi connectivity index (χ3n) is 4.24. The number of carbonyl (C=O) groups is 1. The van der Waals surface area contributed by atoms with Crippen molar-refractivity contribution in [3.63, 3.8) is 0 Å². The Labute approximate surface area is 184 Å². The average Bonchev–Trinajstić information content (AvgIpc) is 2.68. The SMILES string of the molecule is CCS(=O)(=O)Oc1ccc(CN(CC(C)C)S(=O)(=O)c2ccc(NC(C)=O)cc2)cc1. The minimum atomic E-state index is -3.79. The van der Waals surface area contributed by atoms with E-state index in [0.29, 0.717) is 17.8 Å². The van der Waals surface area contributed by atoms with Gasteiger partial charge in [-0.3, -0.25) is 4.79 Å². The summed E-state index contributed by atoms with van der Waals surface area (Å²) < 4.78 is 56.0. The van der Waals surface area contributed by atoms with Gasteiger partial charge in [-0.2, -0.15) is 12.7 Å². The maximum absolute atomic E-state index is 13.2. The van der Waals surface area contributed by atoms with Crippen molar-refractivity contribution >= 4 is 31.7 Å². The van der Waals surface area contributed by atoms with Crippen LogP contribution in [-0.2, 0) is 31.5 Å². The third-order valence-corrected chi connectivity index (χ3v) is 7.22. The Morgan fingerprint density at radius 3 is 2.06 bits per heavy atom. The molecule has 31 heavy (non-hydrogen) atoms. The molecule has 1 N–H and O–H groups in total. The van der Waals surface area contributed by atoms with E-state index in [0.717, 1.165) is 0 Å². The third kappa shape index (κ3) is 7.34. The van der Waals surface area contributed by atoms with Crippen LogP contribution in [0, 0.1) is 5.92 Å². The van der Waals surface area contributed by atoms with E-state index in [-0.39, 0.29) is 34.8 Å². The van der Waals surface area contributed by atoms with E-state index in [1.165, 1.54) is 42.4 Å². The molecule has 2 rings (SSSR count). The fraction of sp³-hybridized carbons (Fsp3) is 0.381. The molecule has 170 valence electrons. The summed E-state index contributed by atoms with van der Waals surface area (Å²) in [5.41, 5.74) is 1.21. The number of nitrogens with zero attached hydrogens (tertiary/aromatic N) is 1. The van der Waals surface area contributed by atoms with Crippen LogP contribution in [-0.4, -0.2) is 39.3 Å². The lowest BCUT2D eigenvalue weighted by Crippen LogP contribution is -2.33. The van der Waals surface area contributed by atoms with Crippen molar-refractivity contribution in [2.75, 3.05) is 17.6 Å². The van der Waals surface area contributed by atoms with Crippen LogP contribution >= 0.6 is 0 Å². The van der Waals surface area contributed by atoms with E-state index < -0.39 is 20.1 Å². The molecular weight excluding hydrogens is 440 g/mol. The standard InChI is InChI=1S/C21H28N2O6S2/c1-5-30(25,26)29-20-10-6-18(7-11-20)15-23(14-16(2)3)31(27,28)21-12-8-19(9-13-21)22-17(4)24/h6-13,16H,5,14-15H2,1-4H3,(H,22,24). The minimum Gasteiger partial charge on any atom is -0.382 e. The van der Waals surface area contributed by atoms with Gasteiger partial charge in [-0.15, -0.1) is 0 Å². The van der Waals surface area contributed by atoms with Gasteiger partial charge in [-0.1, -0.05) is 26.0 Å². The highest BCUT2D eigenvalue weighted by atomic mass is 32.2. The van der Waals surface area contributed by atoms with Gasteiger partial charge in [-0.05, 0) is 54.8 Å². The smallest absolute Gasteiger partial charge is 0.308 e. The van der Waals surface area contributed by atoms with E-state index in [9.17, 15) is 21.6 Å². The molecule has 0 atom stereocenters. The molecule has 0 aromatic heterocycles. The molecule has 0 aliphatic heterocycles. The molecule has 0 saturated heterocycles. The number of hydrogen-bond donors (Lipinski definition) is 1. The van der Waals surface area contributed by atoms with Crippen LogP contribution in [0.3, 0.4) is 0 Å². The Kier molecular flexibility index (Phi) is 8.21. The van der Waals surface area contributed by atoms with Gasteiger partial charge in [0.05, 0.1) is 10.6 Å². The lowest BCUT2D eigenvalue weighted by atomic mass is 10.2. The first-order valence-electron chi connectivity index (χ1n) is 9.82. The highest BCUT2D eigenvalue weighted by molar-refractivity contribution is 7.89. The first-order valence-corrected chi connectivity index (χ1v) is 12.8. The van der Waals surface area contributed by atoms with Gasteiger partial charge in [0.2, 0.25) is 15.9 Å². The first kappa shape index (κ1) is 24.8. The molecule has 1 amide bonds. The zero-order valence-electron chi connectivity index (χ0n) is 18.0. The second-order valence-corrected chi connectivity index (χ2v) is 11.3. The van der Waals surface area contributed by atoms with Crippen molar-refractivity contribution in [3.8, 4) is 5.75 Å².